The van der Waals surface area contributed by atoms with E-state index < -0.39 is 17.2 Å². The van der Waals surface area contributed by atoms with Gasteiger partial charge in [0.15, 0.2) is 0 Å². The number of aromatic amines is 1. The molecule has 6 nitrogen and oxygen atoms in total. The fraction of sp³-hybridized carbons (Fsp3) is 0.182. The summed E-state index contributed by atoms with van der Waals surface area (Å²) in [6.45, 7) is -0.230. The molecule has 0 bridgehead atoms. The molecule has 2 aromatic rings. The largest absolute Gasteiger partial charge is 0.468 e. The number of fused-ring (bicyclic) bond motifs is 1. The van der Waals surface area contributed by atoms with Crippen LogP contribution in [0.15, 0.2) is 33.9 Å². The minimum absolute atomic E-state index is 0.230. The molecule has 0 amide bonds. The predicted molar refractivity (Wildman–Crippen MR) is 60.8 cm³/mol. The van der Waals surface area contributed by atoms with Crippen molar-refractivity contribution in [1.82, 2.24) is 9.55 Å². The van der Waals surface area contributed by atoms with Crippen LogP contribution in [0.1, 0.15) is 0 Å². The van der Waals surface area contributed by atoms with Gasteiger partial charge in [-0.1, -0.05) is 12.1 Å². The number of para-hydroxylation sites is 1. The van der Waals surface area contributed by atoms with Gasteiger partial charge in [0.2, 0.25) is 0 Å². The third-order valence-electron chi connectivity index (χ3n) is 2.42. The van der Waals surface area contributed by atoms with Gasteiger partial charge in [-0.25, -0.2) is 4.79 Å². The molecule has 0 unspecified atom stereocenters. The van der Waals surface area contributed by atoms with E-state index in [1.54, 1.807) is 24.3 Å². The number of rotatable bonds is 2. The molecule has 0 saturated heterocycles. The Morgan fingerprint density at radius 1 is 1.35 bits per heavy atom. The first-order chi connectivity index (χ1) is 8.13. The zero-order chi connectivity index (χ0) is 12.4. The fourth-order valence-electron chi connectivity index (χ4n) is 1.59. The van der Waals surface area contributed by atoms with Crippen LogP contribution in [0.25, 0.3) is 10.9 Å². The summed E-state index contributed by atoms with van der Waals surface area (Å²) in [7, 11) is 1.24. The van der Waals surface area contributed by atoms with Crippen LogP contribution in [0.2, 0.25) is 0 Å². The van der Waals surface area contributed by atoms with Crippen LogP contribution in [-0.4, -0.2) is 22.6 Å². The Morgan fingerprint density at radius 3 is 2.76 bits per heavy atom. The Balaban J connectivity index is 2.74. The second-order valence-electron chi connectivity index (χ2n) is 3.44. The predicted octanol–water partition coefficient (Wildman–Crippen LogP) is -0.137. The van der Waals surface area contributed by atoms with Crippen LogP contribution in [0, 0.1) is 0 Å². The van der Waals surface area contributed by atoms with Gasteiger partial charge in [-0.2, -0.15) is 0 Å². The molecule has 1 heterocycles. The van der Waals surface area contributed by atoms with E-state index in [0.29, 0.717) is 10.9 Å². The van der Waals surface area contributed by atoms with Crippen molar-refractivity contribution in [2.45, 2.75) is 6.54 Å². The monoisotopic (exact) mass is 234 g/mol. The quantitative estimate of drug-likeness (QED) is 0.733. The Bertz CT molecular complexity index is 684. The second kappa shape index (κ2) is 4.25. The number of methoxy groups -OCH3 is 1. The number of hydrogen-bond acceptors (Lipinski definition) is 4. The standard InChI is InChI=1S/C11H10N2O4/c1-17-9(14)6-13-8-5-3-2-4-7(8)10(15)12-11(13)16/h2-5H,6H2,1H3,(H,12,15,16). The number of carbonyl (C=O) groups is 1. The van der Waals surface area contributed by atoms with Crippen molar-refractivity contribution in [3.05, 3.63) is 45.1 Å². The molecule has 0 aliphatic rings. The summed E-state index contributed by atoms with van der Waals surface area (Å²) in [5.74, 6) is -0.552. The third kappa shape index (κ3) is 1.96. The summed E-state index contributed by atoms with van der Waals surface area (Å²) in [6.07, 6.45) is 0. The molecular weight excluding hydrogens is 224 g/mol. The lowest BCUT2D eigenvalue weighted by Gasteiger charge is -2.07. The highest BCUT2D eigenvalue weighted by atomic mass is 16.5. The Labute approximate surface area is 95.5 Å². The van der Waals surface area contributed by atoms with Crippen molar-refractivity contribution in [3.63, 3.8) is 0 Å². The molecule has 1 aromatic carbocycles. The van der Waals surface area contributed by atoms with Gasteiger partial charge in [0.25, 0.3) is 5.56 Å². The first kappa shape index (κ1) is 11.1. The lowest BCUT2D eigenvalue weighted by atomic mass is 10.2. The average Bonchev–Trinajstić information content (AvgIpc) is 2.34. The Morgan fingerprint density at radius 2 is 2.06 bits per heavy atom. The smallest absolute Gasteiger partial charge is 0.329 e. The molecule has 6 heteroatoms. The van der Waals surface area contributed by atoms with Gasteiger partial charge in [0.05, 0.1) is 18.0 Å². The molecule has 0 atom stereocenters. The zero-order valence-corrected chi connectivity index (χ0v) is 9.10. The molecule has 0 aliphatic heterocycles. The minimum Gasteiger partial charge on any atom is -0.468 e. The van der Waals surface area contributed by atoms with E-state index in [1.807, 2.05) is 0 Å². The summed E-state index contributed by atoms with van der Waals surface area (Å²) in [4.78, 5) is 36.5. The molecule has 0 spiro atoms. The maximum Gasteiger partial charge on any atom is 0.329 e. The zero-order valence-electron chi connectivity index (χ0n) is 9.10. The molecule has 0 fully saturated rings. The van der Waals surface area contributed by atoms with Crippen molar-refractivity contribution in [1.29, 1.82) is 0 Å². The summed E-state index contributed by atoms with van der Waals surface area (Å²) >= 11 is 0. The van der Waals surface area contributed by atoms with Crippen LogP contribution in [0.4, 0.5) is 0 Å². The van der Waals surface area contributed by atoms with E-state index in [1.165, 1.54) is 11.7 Å². The number of H-pyrrole nitrogens is 1. The molecule has 0 aliphatic carbocycles. The lowest BCUT2D eigenvalue weighted by molar-refractivity contribution is -0.141. The SMILES string of the molecule is COC(=O)Cn1c(=O)[nH]c(=O)c2ccccc21. The summed E-state index contributed by atoms with van der Waals surface area (Å²) in [5, 5.41) is 0.357. The fourth-order valence-corrected chi connectivity index (χ4v) is 1.59. The van der Waals surface area contributed by atoms with Crippen molar-refractivity contribution in [2.75, 3.05) is 7.11 Å². The second-order valence-corrected chi connectivity index (χ2v) is 3.44. The number of aromatic nitrogens is 2. The number of nitrogens with zero attached hydrogens (tertiary/aromatic N) is 1. The van der Waals surface area contributed by atoms with Gasteiger partial charge < -0.3 is 4.74 Å². The van der Waals surface area contributed by atoms with Crippen LogP contribution >= 0.6 is 0 Å². The maximum atomic E-state index is 11.6. The molecule has 1 aromatic heterocycles. The van der Waals surface area contributed by atoms with Crippen LogP contribution in [-0.2, 0) is 16.1 Å². The summed E-state index contributed by atoms with van der Waals surface area (Å²) in [5.41, 5.74) is -0.683. The Hall–Kier alpha value is -2.37. The lowest BCUT2D eigenvalue weighted by Crippen LogP contribution is -2.32. The average molecular weight is 234 g/mol. The van der Waals surface area contributed by atoms with Crippen LogP contribution in [0.5, 0.6) is 0 Å². The number of hydrogen-bond donors (Lipinski definition) is 1. The molecular formula is C11H10N2O4. The maximum absolute atomic E-state index is 11.6. The number of carbonyl (C=O) groups excluding carboxylic acids is 1. The highest BCUT2D eigenvalue weighted by Crippen LogP contribution is 2.06. The van der Waals surface area contributed by atoms with Crippen molar-refractivity contribution in [2.24, 2.45) is 0 Å². The molecule has 88 valence electrons. The summed E-state index contributed by atoms with van der Waals surface area (Å²) in [6, 6.07) is 6.57. The van der Waals surface area contributed by atoms with Crippen LogP contribution in [0.3, 0.4) is 0 Å². The van der Waals surface area contributed by atoms with E-state index in [4.69, 9.17) is 0 Å². The highest BCUT2D eigenvalue weighted by molar-refractivity contribution is 5.79. The van der Waals surface area contributed by atoms with Gasteiger partial charge >= 0.3 is 11.7 Å². The van der Waals surface area contributed by atoms with Gasteiger partial charge in [-0.05, 0) is 12.1 Å². The molecule has 2 rings (SSSR count). The van der Waals surface area contributed by atoms with Crippen molar-refractivity contribution in [3.8, 4) is 0 Å². The van der Waals surface area contributed by atoms with Crippen LogP contribution < -0.4 is 11.2 Å². The number of benzene rings is 1. The Kier molecular flexibility index (Phi) is 2.78. The highest BCUT2D eigenvalue weighted by Gasteiger charge is 2.10. The third-order valence-corrected chi connectivity index (χ3v) is 2.42. The van der Waals surface area contributed by atoms with E-state index in [2.05, 4.69) is 9.72 Å². The van der Waals surface area contributed by atoms with Crippen molar-refractivity contribution >= 4 is 16.9 Å². The number of nitrogens with one attached hydrogen (secondary N) is 1. The molecule has 0 saturated carbocycles. The van der Waals surface area contributed by atoms with E-state index in [9.17, 15) is 14.4 Å². The van der Waals surface area contributed by atoms with E-state index in [0.717, 1.165) is 0 Å². The van der Waals surface area contributed by atoms with Gasteiger partial charge in [0.1, 0.15) is 6.54 Å². The van der Waals surface area contributed by atoms with E-state index in [-0.39, 0.29) is 6.54 Å². The summed E-state index contributed by atoms with van der Waals surface area (Å²) < 4.78 is 5.67. The minimum atomic E-state index is -0.626. The molecule has 1 N–H and O–H groups in total. The van der Waals surface area contributed by atoms with Crippen molar-refractivity contribution < 1.29 is 9.53 Å². The molecule has 17 heavy (non-hydrogen) atoms. The first-order valence-corrected chi connectivity index (χ1v) is 4.92. The molecule has 0 radical (unpaired) electrons. The van der Waals surface area contributed by atoms with E-state index >= 15 is 0 Å². The first-order valence-electron chi connectivity index (χ1n) is 4.92. The van der Waals surface area contributed by atoms with Gasteiger partial charge in [-0.15, -0.1) is 0 Å². The number of ether oxygens (including phenoxy) is 1. The van der Waals surface area contributed by atoms with Gasteiger partial charge in [0, 0.05) is 0 Å². The normalized spacial score (nSPS) is 10.4. The van der Waals surface area contributed by atoms with Gasteiger partial charge in [-0.3, -0.25) is 19.1 Å². The topological polar surface area (TPSA) is 81.2 Å². The number of esters is 1.